The van der Waals surface area contributed by atoms with Crippen LogP contribution >= 0.6 is 0 Å². The van der Waals surface area contributed by atoms with Gasteiger partial charge in [0, 0.05) is 12.4 Å². The molecule has 0 aliphatic carbocycles. The summed E-state index contributed by atoms with van der Waals surface area (Å²) in [5.74, 6) is 0. The maximum Gasteiger partial charge on any atom is 2.00 e. The van der Waals surface area contributed by atoms with Crippen LogP contribution in [0.5, 0.6) is 0 Å². The SMILES string of the molecule is [Zn+2].c1ccc(-c2ccccn2)nc1. The molecule has 0 atom stereocenters. The Morgan fingerprint density at radius 3 is 1.46 bits per heavy atom. The van der Waals surface area contributed by atoms with Crippen molar-refractivity contribution in [3.05, 3.63) is 48.8 Å². The van der Waals surface area contributed by atoms with E-state index in [1.165, 1.54) is 0 Å². The Balaban J connectivity index is 0.000000845. The molecule has 0 N–H and O–H groups in total. The molecular weight excluding hydrogens is 214 g/mol. The summed E-state index contributed by atoms with van der Waals surface area (Å²) < 4.78 is 0. The van der Waals surface area contributed by atoms with Gasteiger partial charge >= 0.3 is 19.5 Å². The van der Waals surface area contributed by atoms with Crippen LogP contribution < -0.4 is 0 Å². The molecule has 0 aromatic carbocycles. The molecule has 0 saturated heterocycles. The number of pyridine rings is 2. The minimum absolute atomic E-state index is 0. The Labute approximate surface area is 89.8 Å². The third-order valence-corrected chi connectivity index (χ3v) is 1.59. The van der Waals surface area contributed by atoms with Gasteiger partial charge in [0.1, 0.15) is 0 Å². The van der Waals surface area contributed by atoms with Crippen LogP contribution in [0, 0.1) is 0 Å². The monoisotopic (exact) mass is 220 g/mol. The molecule has 0 fully saturated rings. The van der Waals surface area contributed by atoms with Crippen molar-refractivity contribution in [2.75, 3.05) is 0 Å². The molecule has 0 saturated carbocycles. The zero-order valence-corrected chi connectivity index (χ0v) is 10.2. The first-order chi connectivity index (χ1) is 5.97. The molecule has 0 unspecified atom stereocenters. The van der Waals surface area contributed by atoms with Gasteiger partial charge in [-0.05, 0) is 24.3 Å². The Hall–Kier alpha value is -1.08. The van der Waals surface area contributed by atoms with Crippen LogP contribution in [0.2, 0.25) is 0 Å². The van der Waals surface area contributed by atoms with Gasteiger partial charge in [0.25, 0.3) is 0 Å². The van der Waals surface area contributed by atoms with Crippen molar-refractivity contribution in [1.82, 2.24) is 9.97 Å². The number of aromatic nitrogens is 2. The van der Waals surface area contributed by atoms with Gasteiger partial charge in [0.05, 0.1) is 11.4 Å². The predicted octanol–water partition coefficient (Wildman–Crippen LogP) is 2.14. The second kappa shape index (κ2) is 4.83. The van der Waals surface area contributed by atoms with Crippen molar-refractivity contribution >= 4 is 0 Å². The third-order valence-electron chi connectivity index (χ3n) is 1.59. The fourth-order valence-corrected chi connectivity index (χ4v) is 1.03. The summed E-state index contributed by atoms with van der Waals surface area (Å²) >= 11 is 0. The molecule has 0 aliphatic heterocycles. The van der Waals surface area contributed by atoms with Gasteiger partial charge in [-0.3, -0.25) is 9.97 Å². The first-order valence-corrected chi connectivity index (χ1v) is 3.79. The molecule has 2 heterocycles. The van der Waals surface area contributed by atoms with Crippen LogP contribution in [0.25, 0.3) is 11.4 Å². The van der Waals surface area contributed by atoms with E-state index in [2.05, 4.69) is 9.97 Å². The van der Waals surface area contributed by atoms with Crippen molar-refractivity contribution < 1.29 is 19.5 Å². The number of hydrogen-bond acceptors (Lipinski definition) is 2. The van der Waals surface area contributed by atoms with Crippen LogP contribution in [0.3, 0.4) is 0 Å². The Morgan fingerprint density at radius 2 is 1.15 bits per heavy atom. The molecule has 0 amide bonds. The maximum absolute atomic E-state index is 4.19. The summed E-state index contributed by atoms with van der Waals surface area (Å²) in [4.78, 5) is 8.37. The Morgan fingerprint density at radius 1 is 0.692 bits per heavy atom. The summed E-state index contributed by atoms with van der Waals surface area (Å²) in [6.07, 6.45) is 3.54. The van der Waals surface area contributed by atoms with E-state index in [-0.39, 0.29) is 19.5 Å². The zero-order valence-electron chi connectivity index (χ0n) is 7.22. The summed E-state index contributed by atoms with van der Waals surface area (Å²) in [6, 6.07) is 11.6. The van der Waals surface area contributed by atoms with Crippen LogP contribution in [-0.2, 0) is 19.5 Å². The van der Waals surface area contributed by atoms with Gasteiger partial charge in [0.15, 0.2) is 0 Å². The molecule has 0 aliphatic rings. The standard InChI is InChI=1S/C10H8N2.Zn/c1-3-7-11-9(5-1)10-6-2-4-8-12-10;/h1-8H;/q;+2. The van der Waals surface area contributed by atoms with E-state index in [0.29, 0.717) is 0 Å². The van der Waals surface area contributed by atoms with Crippen molar-refractivity contribution in [3.63, 3.8) is 0 Å². The van der Waals surface area contributed by atoms with Crippen LogP contribution in [-0.4, -0.2) is 9.97 Å². The minimum atomic E-state index is 0. The van der Waals surface area contributed by atoms with Gasteiger partial charge in [-0.15, -0.1) is 0 Å². The van der Waals surface area contributed by atoms with Gasteiger partial charge in [-0.2, -0.15) is 0 Å². The predicted molar refractivity (Wildman–Crippen MR) is 47.5 cm³/mol. The first-order valence-electron chi connectivity index (χ1n) is 3.79. The van der Waals surface area contributed by atoms with Crippen molar-refractivity contribution in [2.45, 2.75) is 0 Å². The largest absolute Gasteiger partial charge is 2.00 e. The maximum atomic E-state index is 4.19. The van der Waals surface area contributed by atoms with E-state index in [0.717, 1.165) is 11.4 Å². The Kier molecular flexibility index (Phi) is 3.72. The van der Waals surface area contributed by atoms with Crippen LogP contribution in [0.4, 0.5) is 0 Å². The van der Waals surface area contributed by atoms with Crippen LogP contribution in [0.15, 0.2) is 48.8 Å². The van der Waals surface area contributed by atoms with E-state index < -0.39 is 0 Å². The van der Waals surface area contributed by atoms with E-state index in [4.69, 9.17) is 0 Å². The second-order valence-corrected chi connectivity index (χ2v) is 2.43. The van der Waals surface area contributed by atoms with E-state index in [9.17, 15) is 0 Å². The average molecular weight is 222 g/mol. The molecule has 2 aromatic rings. The van der Waals surface area contributed by atoms with Gasteiger partial charge < -0.3 is 0 Å². The molecule has 13 heavy (non-hydrogen) atoms. The molecule has 0 radical (unpaired) electrons. The van der Waals surface area contributed by atoms with Crippen LogP contribution in [0.1, 0.15) is 0 Å². The number of hydrogen-bond donors (Lipinski definition) is 0. The molecule has 2 rings (SSSR count). The average Bonchev–Trinajstić information content (AvgIpc) is 2.21. The fraction of sp³-hybridized carbons (Fsp3) is 0. The molecule has 3 heteroatoms. The summed E-state index contributed by atoms with van der Waals surface area (Å²) in [5, 5.41) is 0. The summed E-state index contributed by atoms with van der Waals surface area (Å²) in [5.41, 5.74) is 1.83. The minimum Gasteiger partial charge on any atom is -0.255 e. The summed E-state index contributed by atoms with van der Waals surface area (Å²) in [7, 11) is 0. The van der Waals surface area contributed by atoms with E-state index >= 15 is 0 Å². The second-order valence-electron chi connectivity index (χ2n) is 2.43. The van der Waals surface area contributed by atoms with Crippen molar-refractivity contribution in [3.8, 4) is 11.4 Å². The van der Waals surface area contributed by atoms with Crippen molar-refractivity contribution in [1.29, 1.82) is 0 Å². The van der Waals surface area contributed by atoms with Crippen molar-refractivity contribution in [2.24, 2.45) is 0 Å². The molecular formula is C10H8N2Zn+2. The molecule has 0 bridgehead atoms. The topological polar surface area (TPSA) is 25.8 Å². The van der Waals surface area contributed by atoms with E-state index in [1.807, 2.05) is 36.4 Å². The van der Waals surface area contributed by atoms with E-state index in [1.54, 1.807) is 12.4 Å². The smallest absolute Gasteiger partial charge is 0.255 e. The molecule has 2 nitrogen and oxygen atoms in total. The normalized spacial score (nSPS) is 8.92. The number of rotatable bonds is 1. The molecule has 2 aromatic heterocycles. The summed E-state index contributed by atoms with van der Waals surface area (Å²) in [6.45, 7) is 0. The quantitative estimate of drug-likeness (QED) is 0.690. The third kappa shape index (κ3) is 2.43. The zero-order chi connectivity index (χ0) is 8.23. The Bertz CT molecular complexity index is 310. The van der Waals surface area contributed by atoms with Gasteiger partial charge in [-0.25, -0.2) is 0 Å². The fourth-order valence-electron chi connectivity index (χ4n) is 1.03. The first kappa shape index (κ1) is 10.0. The molecule has 0 spiro atoms. The number of nitrogens with zero attached hydrogens (tertiary/aromatic N) is 2. The van der Waals surface area contributed by atoms with Gasteiger partial charge in [0.2, 0.25) is 0 Å². The molecule has 58 valence electrons. The van der Waals surface area contributed by atoms with Gasteiger partial charge in [-0.1, -0.05) is 12.1 Å².